The first-order valence-electron chi connectivity index (χ1n) is 6.95. The van der Waals surface area contributed by atoms with Crippen LogP contribution in [0.25, 0.3) is 5.69 Å². The molecule has 0 bridgehead atoms. The van der Waals surface area contributed by atoms with Gasteiger partial charge in [-0.15, -0.1) is 0 Å². The average molecular weight is 319 g/mol. The lowest BCUT2D eigenvalue weighted by molar-refractivity contribution is -0.121. The van der Waals surface area contributed by atoms with E-state index >= 15 is 0 Å². The molecule has 114 valence electrons. The fraction of sp³-hybridized carbons (Fsp3) is 0.267. The molecule has 1 amide bonds. The van der Waals surface area contributed by atoms with Crippen LogP contribution in [0.1, 0.15) is 6.42 Å². The molecule has 2 aromatic rings. The Bertz CT molecular complexity index is 760. The maximum Gasteiger partial charge on any atom is 0.292 e. The Balaban J connectivity index is 1.95. The van der Waals surface area contributed by atoms with Gasteiger partial charge in [0.1, 0.15) is 5.02 Å². The number of hydrogen-bond donors (Lipinski definition) is 1. The van der Waals surface area contributed by atoms with Gasteiger partial charge in [-0.3, -0.25) is 9.59 Å². The zero-order valence-electron chi connectivity index (χ0n) is 11.8. The third kappa shape index (κ3) is 2.57. The van der Waals surface area contributed by atoms with Crippen molar-refractivity contribution >= 4 is 23.2 Å². The van der Waals surface area contributed by atoms with E-state index < -0.39 is 0 Å². The summed E-state index contributed by atoms with van der Waals surface area (Å²) in [7, 11) is 0. The summed E-state index contributed by atoms with van der Waals surface area (Å²) >= 11 is 6.22. The summed E-state index contributed by atoms with van der Waals surface area (Å²) in [5, 5.41) is 4.29. The van der Waals surface area contributed by atoms with Crippen molar-refractivity contribution in [2.24, 2.45) is 11.7 Å². The summed E-state index contributed by atoms with van der Waals surface area (Å²) in [6, 6.07) is 9.07. The minimum atomic E-state index is -0.382. The molecule has 0 aliphatic carbocycles. The SMILES string of the molecule is NC(=O)[C@@H]1CCN(c2cnn(-c3ccccc3)c(=O)c2Cl)C1. The number of aromatic nitrogens is 2. The number of rotatable bonds is 3. The molecule has 1 saturated heterocycles. The number of primary amides is 1. The second-order valence-corrected chi connectivity index (χ2v) is 5.61. The topological polar surface area (TPSA) is 81.2 Å². The van der Waals surface area contributed by atoms with E-state index in [1.54, 1.807) is 18.3 Å². The lowest BCUT2D eigenvalue weighted by Crippen LogP contribution is -2.30. The number of nitrogens with zero attached hydrogens (tertiary/aromatic N) is 3. The van der Waals surface area contributed by atoms with E-state index in [-0.39, 0.29) is 22.4 Å². The van der Waals surface area contributed by atoms with Crippen molar-refractivity contribution in [2.75, 3.05) is 18.0 Å². The molecule has 2 N–H and O–H groups in total. The molecule has 7 heteroatoms. The Morgan fingerprint density at radius 3 is 2.68 bits per heavy atom. The van der Waals surface area contributed by atoms with Gasteiger partial charge < -0.3 is 10.6 Å². The second-order valence-electron chi connectivity index (χ2n) is 5.23. The Kier molecular flexibility index (Phi) is 3.85. The van der Waals surface area contributed by atoms with Crippen LogP contribution < -0.4 is 16.2 Å². The van der Waals surface area contributed by atoms with Crippen LogP contribution in [0.4, 0.5) is 5.69 Å². The second kappa shape index (κ2) is 5.81. The molecule has 1 aromatic carbocycles. The Labute approximate surface area is 132 Å². The van der Waals surface area contributed by atoms with Gasteiger partial charge in [0.25, 0.3) is 5.56 Å². The first-order valence-corrected chi connectivity index (χ1v) is 7.33. The minimum absolute atomic E-state index is 0.101. The lowest BCUT2D eigenvalue weighted by Gasteiger charge is -2.19. The molecule has 0 radical (unpaired) electrons. The number of anilines is 1. The summed E-state index contributed by atoms with van der Waals surface area (Å²) in [5.41, 5.74) is 6.14. The van der Waals surface area contributed by atoms with Gasteiger partial charge in [-0.05, 0) is 18.6 Å². The fourth-order valence-electron chi connectivity index (χ4n) is 2.61. The Morgan fingerprint density at radius 2 is 2.05 bits per heavy atom. The smallest absolute Gasteiger partial charge is 0.292 e. The molecule has 0 saturated carbocycles. The standard InChI is InChI=1S/C15H15ClN4O2/c16-13-12(19-7-6-10(9-19)14(17)21)8-18-20(15(13)22)11-4-2-1-3-5-11/h1-5,8,10H,6-7,9H2,(H2,17,21)/t10-/m1/s1. The molecule has 3 rings (SSSR count). The van der Waals surface area contributed by atoms with Gasteiger partial charge in [-0.25, -0.2) is 0 Å². The van der Waals surface area contributed by atoms with Crippen molar-refractivity contribution in [3.63, 3.8) is 0 Å². The minimum Gasteiger partial charge on any atom is -0.369 e. The number of benzene rings is 1. The number of nitrogens with two attached hydrogens (primary N) is 1. The van der Waals surface area contributed by atoms with Gasteiger partial charge in [0, 0.05) is 13.1 Å². The van der Waals surface area contributed by atoms with E-state index in [4.69, 9.17) is 17.3 Å². The molecular weight excluding hydrogens is 304 g/mol. The molecule has 1 fully saturated rings. The largest absolute Gasteiger partial charge is 0.369 e. The van der Waals surface area contributed by atoms with E-state index in [0.29, 0.717) is 30.9 Å². The first kappa shape index (κ1) is 14.6. The number of para-hydroxylation sites is 1. The van der Waals surface area contributed by atoms with Crippen molar-refractivity contribution in [3.8, 4) is 5.69 Å². The van der Waals surface area contributed by atoms with Crippen molar-refractivity contribution in [1.29, 1.82) is 0 Å². The quantitative estimate of drug-likeness (QED) is 0.922. The average Bonchev–Trinajstić information content (AvgIpc) is 3.01. The molecule has 22 heavy (non-hydrogen) atoms. The highest BCUT2D eigenvalue weighted by Gasteiger charge is 2.28. The van der Waals surface area contributed by atoms with E-state index in [1.165, 1.54) is 4.68 Å². The van der Waals surface area contributed by atoms with Crippen LogP contribution in [0.3, 0.4) is 0 Å². The maximum atomic E-state index is 12.4. The van der Waals surface area contributed by atoms with Gasteiger partial charge in [-0.2, -0.15) is 9.78 Å². The van der Waals surface area contributed by atoms with Gasteiger partial charge in [-0.1, -0.05) is 29.8 Å². The van der Waals surface area contributed by atoms with Gasteiger partial charge >= 0.3 is 0 Å². The third-order valence-electron chi connectivity index (χ3n) is 3.83. The highest BCUT2D eigenvalue weighted by Crippen LogP contribution is 2.27. The molecular formula is C15H15ClN4O2. The normalized spacial score (nSPS) is 17.7. The zero-order valence-corrected chi connectivity index (χ0v) is 12.5. The maximum absolute atomic E-state index is 12.4. The van der Waals surface area contributed by atoms with Crippen LogP contribution in [0.15, 0.2) is 41.3 Å². The van der Waals surface area contributed by atoms with Crippen LogP contribution in [0, 0.1) is 5.92 Å². The zero-order chi connectivity index (χ0) is 15.7. The molecule has 1 aliphatic heterocycles. The Morgan fingerprint density at radius 1 is 1.32 bits per heavy atom. The van der Waals surface area contributed by atoms with Crippen molar-refractivity contribution in [3.05, 3.63) is 51.9 Å². The van der Waals surface area contributed by atoms with Gasteiger partial charge in [0.2, 0.25) is 5.91 Å². The summed E-state index contributed by atoms with van der Waals surface area (Å²) in [5.74, 6) is -0.545. The highest BCUT2D eigenvalue weighted by atomic mass is 35.5. The fourth-order valence-corrected chi connectivity index (χ4v) is 2.86. The number of carbonyl (C=O) groups is 1. The predicted octanol–water partition coefficient (Wildman–Crippen LogP) is 1.20. The highest BCUT2D eigenvalue weighted by molar-refractivity contribution is 6.33. The molecule has 6 nitrogen and oxygen atoms in total. The Hall–Kier alpha value is -2.34. The van der Waals surface area contributed by atoms with E-state index in [9.17, 15) is 9.59 Å². The monoisotopic (exact) mass is 318 g/mol. The summed E-state index contributed by atoms with van der Waals surface area (Å²) in [4.78, 5) is 25.5. The summed E-state index contributed by atoms with van der Waals surface area (Å²) < 4.78 is 1.26. The number of halogens is 1. The molecule has 2 heterocycles. The lowest BCUT2D eigenvalue weighted by atomic mass is 10.1. The first-order chi connectivity index (χ1) is 10.6. The molecule has 1 aromatic heterocycles. The van der Waals surface area contributed by atoms with E-state index in [1.807, 2.05) is 23.1 Å². The van der Waals surface area contributed by atoms with Crippen LogP contribution in [0.5, 0.6) is 0 Å². The van der Waals surface area contributed by atoms with E-state index in [0.717, 1.165) is 0 Å². The van der Waals surface area contributed by atoms with Crippen LogP contribution in [0.2, 0.25) is 5.02 Å². The molecule has 0 unspecified atom stereocenters. The molecule has 0 spiro atoms. The predicted molar refractivity (Wildman–Crippen MR) is 84.4 cm³/mol. The number of carbonyl (C=O) groups excluding carboxylic acids is 1. The van der Waals surface area contributed by atoms with Crippen molar-refractivity contribution in [2.45, 2.75) is 6.42 Å². The van der Waals surface area contributed by atoms with Crippen molar-refractivity contribution in [1.82, 2.24) is 9.78 Å². The van der Waals surface area contributed by atoms with Crippen LogP contribution in [-0.2, 0) is 4.79 Å². The summed E-state index contributed by atoms with van der Waals surface area (Å²) in [6.07, 6.45) is 2.22. The summed E-state index contributed by atoms with van der Waals surface area (Å²) in [6.45, 7) is 1.09. The number of amides is 1. The molecule has 1 atom stereocenters. The third-order valence-corrected chi connectivity index (χ3v) is 4.19. The molecule has 1 aliphatic rings. The van der Waals surface area contributed by atoms with Crippen LogP contribution >= 0.6 is 11.6 Å². The van der Waals surface area contributed by atoms with Crippen molar-refractivity contribution < 1.29 is 4.79 Å². The number of hydrogen-bond acceptors (Lipinski definition) is 4. The van der Waals surface area contributed by atoms with Gasteiger partial charge in [0.05, 0.1) is 23.5 Å². The van der Waals surface area contributed by atoms with E-state index in [2.05, 4.69) is 5.10 Å². The van der Waals surface area contributed by atoms with Gasteiger partial charge in [0.15, 0.2) is 0 Å². The van der Waals surface area contributed by atoms with Crippen LogP contribution in [-0.4, -0.2) is 28.8 Å².